The molecule has 8 nitrogen and oxygen atoms in total. The Kier molecular flexibility index (Phi) is 10.2. The van der Waals surface area contributed by atoms with Gasteiger partial charge in [-0.3, -0.25) is 9.59 Å². The zero-order chi connectivity index (χ0) is 26.2. The fraction of sp³-hybridized carbons (Fsp3) is 0.440. The molecule has 10 heteroatoms. The van der Waals surface area contributed by atoms with E-state index in [1.165, 1.54) is 31.1 Å². The van der Waals surface area contributed by atoms with Gasteiger partial charge in [-0.2, -0.15) is 12.7 Å². The molecule has 0 saturated heterocycles. The van der Waals surface area contributed by atoms with Gasteiger partial charge in [-0.05, 0) is 56.5 Å². The SMILES string of the molecule is CCC(C)NC(=O)C(C)N(CCc1ccccc1)C(=O)CN(c1ccc(F)cc1)S(=O)(=O)N(C)C. The second-order valence-corrected chi connectivity index (χ2v) is 10.7. The molecule has 0 aliphatic rings. The highest BCUT2D eigenvalue weighted by Crippen LogP contribution is 2.21. The van der Waals surface area contributed by atoms with Crippen molar-refractivity contribution in [3.8, 4) is 0 Å². The summed E-state index contributed by atoms with van der Waals surface area (Å²) in [5.41, 5.74) is 1.13. The molecule has 1 N–H and O–H groups in total. The number of nitrogens with zero attached hydrogens (tertiary/aromatic N) is 3. The Morgan fingerprint density at radius 3 is 2.14 bits per heavy atom. The van der Waals surface area contributed by atoms with Crippen LogP contribution in [-0.2, 0) is 26.2 Å². The molecule has 35 heavy (non-hydrogen) atoms. The van der Waals surface area contributed by atoms with Crippen LogP contribution in [0.15, 0.2) is 54.6 Å². The molecule has 0 saturated carbocycles. The second-order valence-electron chi connectivity index (χ2n) is 8.59. The maximum atomic E-state index is 13.5. The normalized spacial score (nSPS) is 13.2. The van der Waals surface area contributed by atoms with E-state index in [0.717, 1.165) is 32.7 Å². The lowest BCUT2D eigenvalue weighted by Crippen LogP contribution is -2.54. The van der Waals surface area contributed by atoms with Gasteiger partial charge in [-0.25, -0.2) is 8.70 Å². The summed E-state index contributed by atoms with van der Waals surface area (Å²) < 4.78 is 41.5. The Hall–Kier alpha value is -2.98. The zero-order valence-corrected chi connectivity index (χ0v) is 21.8. The number of rotatable bonds is 12. The van der Waals surface area contributed by atoms with E-state index in [0.29, 0.717) is 6.42 Å². The first kappa shape index (κ1) is 28.3. The second kappa shape index (κ2) is 12.6. The fourth-order valence-electron chi connectivity index (χ4n) is 3.36. The van der Waals surface area contributed by atoms with Gasteiger partial charge in [0.25, 0.3) is 0 Å². The Morgan fingerprint density at radius 2 is 1.60 bits per heavy atom. The van der Waals surface area contributed by atoms with Gasteiger partial charge in [0.1, 0.15) is 18.4 Å². The van der Waals surface area contributed by atoms with Crippen LogP contribution in [0.3, 0.4) is 0 Å². The molecule has 2 unspecified atom stereocenters. The van der Waals surface area contributed by atoms with Crippen LogP contribution in [0, 0.1) is 5.82 Å². The number of halogens is 1. The first-order valence-electron chi connectivity index (χ1n) is 11.6. The lowest BCUT2D eigenvalue weighted by molar-refractivity contribution is -0.139. The van der Waals surface area contributed by atoms with E-state index in [9.17, 15) is 22.4 Å². The molecule has 0 spiro atoms. The van der Waals surface area contributed by atoms with Crippen molar-refractivity contribution >= 4 is 27.7 Å². The maximum Gasteiger partial charge on any atom is 0.304 e. The number of carbonyl (C=O) groups excluding carboxylic acids is 2. The monoisotopic (exact) mass is 506 g/mol. The van der Waals surface area contributed by atoms with Gasteiger partial charge < -0.3 is 10.2 Å². The molecular formula is C25H35FN4O4S. The molecule has 2 aromatic rings. The molecule has 192 valence electrons. The average Bonchev–Trinajstić information content (AvgIpc) is 2.83. The van der Waals surface area contributed by atoms with E-state index in [1.54, 1.807) is 6.92 Å². The number of nitrogens with one attached hydrogen (secondary N) is 1. The van der Waals surface area contributed by atoms with Crippen LogP contribution in [0.4, 0.5) is 10.1 Å². The predicted octanol–water partition coefficient (Wildman–Crippen LogP) is 2.81. The van der Waals surface area contributed by atoms with Gasteiger partial charge in [0, 0.05) is 26.7 Å². The standard InChI is InChI=1S/C25H35FN4O4S/c1-6-19(2)27-25(32)20(3)29(17-16-21-10-8-7-9-11-21)24(31)18-30(35(33,34)28(4)5)23-14-12-22(26)13-15-23/h7-15,19-20H,6,16-18H2,1-5H3,(H,27,32). The minimum atomic E-state index is -4.07. The summed E-state index contributed by atoms with van der Waals surface area (Å²) in [6, 6.07) is 13.5. The molecule has 0 aliphatic carbocycles. The van der Waals surface area contributed by atoms with Crippen LogP contribution >= 0.6 is 0 Å². The third-order valence-electron chi connectivity index (χ3n) is 5.79. The number of benzene rings is 2. The van der Waals surface area contributed by atoms with Gasteiger partial charge in [-0.15, -0.1) is 0 Å². The topological polar surface area (TPSA) is 90.0 Å². The first-order valence-corrected chi connectivity index (χ1v) is 13.0. The van der Waals surface area contributed by atoms with Crippen molar-refractivity contribution in [3.63, 3.8) is 0 Å². The van der Waals surface area contributed by atoms with Crippen molar-refractivity contribution in [2.45, 2.75) is 45.7 Å². The predicted molar refractivity (Wildman–Crippen MR) is 136 cm³/mol. The molecule has 0 radical (unpaired) electrons. The van der Waals surface area contributed by atoms with Crippen molar-refractivity contribution < 1.29 is 22.4 Å². The molecule has 0 aromatic heterocycles. The quantitative estimate of drug-likeness (QED) is 0.479. The highest BCUT2D eigenvalue weighted by atomic mass is 32.2. The number of anilines is 1. The van der Waals surface area contributed by atoms with E-state index >= 15 is 0 Å². The fourth-order valence-corrected chi connectivity index (χ4v) is 4.42. The Balaban J connectivity index is 2.36. The molecule has 2 atom stereocenters. The summed E-state index contributed by atoms with van der Waals surface area (Å²) in [5.74, 6) is -1.38. The zero-order valence-electron chi connectivity index (χ0n) is 20.9. The van der Waals surface area contributed by atoms with E-state index < -0.39 is 34.5 Å². The third-order valence-corrected chi connectivity index (χ3v) is 7.61. The van der Waals surface area contributed by atoms with Crippen LogP contribution in [0.1, 0.15) is 32.8 Å². The lowest BCUT2D eigenvalue weighted by Gasteiger charge is -2.33. The van der Waals surface area contributed by atoms with Crippen molar-refractivity contribution in [3.05, 3.63) is 66.0 Å². The summed E-state index contributed by atoms with van der Waals surface area (Å²) in [5, 5.41) is 2.89. The molecule has 0 aliphatic heterocycles. The number of hydrogen-bond acceptors (Lipinski definition) is 4. The molecule has 0 heterocycles. The molecular weight excluding hydrogens is 471 g/mol. The molecule has 2 aromatic carbocycles. The van der Waals surface area contributed by atoms with Gasteiger partial charge in [0.05, 0.1) is 5.69 Å². The van der Waals surface area contributed by atoms with Gasteiger partial charge >= 0.3 is 10.2 Å². The van der Waals surface area contributed by atoms with Crippen molar-refractivity contribution in [2.24, 2.45) is 0 Å². The highest BCUT2D eigenvalue weighted by Gasteiger charge is 2.32. The summed E-state index contributed by atoms with van der Waals surface area (Å²) in [6.07, 6.45) is 1.22. The van der Waals surface area contributed by atoms with Gasteiger partial charge in [0.15, 0.2) is 0 Å². The Labute approximate surface area is 207 Å². The Morgan fingerprint density at radius 1 is 1.00 bits per heavy atom. The van der Waals surface area contributed by atoms with E-state index in [1.807, 2.05) is 44.2 Å². The molecule has 0 bridgehead atoms. The number of hydrogen-bond donors (Lipinski definition) is 1. The molecule has 0 fully saturated rings. The molecule has 2 rings (SSSR count). The van der Waals surface area contributed by atoms with Gasteiger partial charge in [-0.1, -0.05) is 37.3 Å². The number of amides is 2. The van der Waals surface area contributed by atoms with Crippen LogP contribution in [0.25, 0.3) is 0 Å². The van der Waals surface area contributed by atoms with Crippen LogP contribution in [0.2, 0.25) is 0 Å². The van der Waals surface area contributed by atoms with E-state index in [-0.39, 0.29) is 24.2 Å². The lowest BCUT2D eigenvalue weighted by atomic mass is 10.1. The summed E-state index contributed by atoms with van der Waals surface area (Å²) in [6.45, 7) is 5.13. The van der Waals surface area contributed by atoms with E-state index in [2.05, 4.69) is 5.32 Å². The van der Waals surface area contributed by atoms with Crippen LogP contribution < -0.4 is 9.62 Å². The van der Waals surface area contributed by atoms with Crippen molar-refractivity contribution in [1.82, 2.24) is 14.5 Å². The molecule has 2 amide bonds. The summed E-state index contributed by atoms with van der Waals surface area (Å²) >= 11 is 0. The van der Waals surface area contributed by atoms with E-state index in [4.69, 9.17) is 0 Å². The smallest absolute Gasteiger partial charge is 0.304 e. The highest BCUT2D eigenvalue weighted by molar-refractivity contribution is 7.90. The summed E-state index contributed by atoms with van der Waals surface area (Å²) in [7, 11) is -1.37. The van der Waals surface area contributed by atoms with Gasteiger partial charge in [0.2, 0.25) is 11.8 Å². The minimum absolute atomic E-state index is 0.0687. The van der Waals surface area contributed by atoms with Crippen molar-refractivity contribution in [2.75, 3.05) is 31.5 Å². The van der Waals surface area contributed by atoms with Crippen LogP contribution in [-0.4, -0.2) is 68.7 Å². The third kappa shape index (κ3) is 7.76. The largest absolute Gasteiger partial charge is 0.352 e. The van der Waals surface area contributed by atoms with Crippen molar-refractivity contribution in [1.29, 1.82) is 0 Å². The summed E-state index contributed by atoms with van der Waals surface area (Å²) in [4.78, 5) is 27.8. The average molecular weight is 507 g/mol. The van der Waals surface area contributed by atoms with Crippen LogP contribution in [0.5, 0.6) is 0 Å². The maximum absolute atomic E-state index is 13.5. The first-order chi connectivity index (χ1) is 16.5. The Bertz CT molecular complexity index is 1080. The number of carbonyl (C=O) groups is 2. The minimum Gasteiger partial charge on any atom is -0.352 e.